The number of Topliss-reactive ketones (excluding diaryl/α,β-unsaturated/α-hetero) is 1. The van der Waals surface area contributed by atoms with E-state index in [0.29, 0.717) is 36.6 Å². The Bertz CT molecular complexity index is 3620. The van der Waals surface area contributed by atoms with E-state index in [4.69, 9.17) is 9.84 Å². The maximum atomic E-state index is 12.8. The van der Waals surface area contributed by atoms with Crippen molar-refractivity contribution in [2.24, 2.45) is 0 Å². The fourth-order valence-electron chi connectivity index (χ4n) is 9.55. The van der Waals surface area contributed by atoms with Crippen molar-refractivity contribution in [3.8, 4) is 22.5 Å². The molecule has 22 heteroatoms. The first-order valence-electron chi connectivity index (χ1n) is 29.7. The number of hydrogen-bond donors (Lipinski definition) is 4. The van der Waals surface area contributed by atoms with Crippen molar-refractivity contribution in [1.82, 2.24) is 64.6 Å². The molecule has 2 fully saturated rings. The largest absolute Gasteiger partial charge is 0.478 e. The molecule has 2 aliphatic rings. The number of anilines is 6. The molecule has 0 unspecified atom stereocenters. The second-order valence-corrected chi connectivity index (χ2v) is 25.3. The number of carbonyl (C=O) groups is 3. The van der Waals surface area contributed by atoms with E-state index in [2.05, 4.69) is 154 Å². The van der Waals surface area contributed by atoms with Gasteiger partial charge in [0, 0.05) is 101 Å². The summed E-state index contributed by atoms with van der Waals surface area (Å²) >= 11 is 0. The van der Waals surface area contributed by atoms with Gasteiger partial charge in [0.15, 0.2) is 5.78 Å². The number of carboxylic acids is 1. The minimum atomic E-state index is -0.939. The summed E-state index contributed by atoms with van der Waals surface area (Å²) in [5.74, 6) is 2.01. The molecule has 2 aromatic carbocycles. The normalized spacial score (nSPS) is 14.0. The van der Waals surface area contributed by atoms with Crippen molar-refractivity contribution >= 4 is 52.5 Å². The van der Waals surface area contributed by atoms with Crippen LogP contribution in [0.25, 0.3) is 22.5 Å². The van der Waals surface area contributed by atoms with Gasteiger partial charge in [0.05, 0.1) is 69.8 Å². The fraction of sp³-hybridized carbons (Fsp3) is 0.409. The molecule has 10 rings (SSSR count). The number of alkyl carbamates (subject to hydrolysis) is 1. The Kier molecular flexibility index (Phi) is 21.1. The van der Waals surface area contributed by atoms with Crippen LogP contribution in [0.5, 0.6) is 0 Å². The Morgan fingerprint density at radius 2 is 0.989 bits per heavy atom. The molecular weight excluding hydrogens is 1110 g/mol. The number of aromatic carboxylic acids is 1. The number of pyridine rings is 2. The van der Waals surface area contributed by atoms with Gasteiger partial charge in [-0.15, -0.1) is 0 Å². The van der Waals surface area contributed by atoms with Gasteiger partial charge in [-0.25, -0.2) is 39.5 Å². The van der Waals surface area contributed by atoms with Crippen LogP contribution in [0.1, 0.15) is 112 Å². The number of hydrogen-bond acceptors (Lipinski definition) is 18. The van der Waals surface area contributed by atoms with E-state index in [9.17, 15) is 14.4 Å². The van der Waals surface area contributed by atoms with Crippen molar-refractivity contribution in [2.45, 2.75) is 112 Å². The van der Waals surface area contributed by atoms with Gasteiger partial charge in [-0.3, -0.25) is 14.2 Å². The summed E-state index contributed by atoms with van der Waals surface area (Å²) in [6.07, 6.45) is 14.0. The summed E-state index contributed by atoms with van der Waals surface area (Å²) < 4.78 is 8.79. The molecule has 6 aromatic heterocycles. The van der Waals surface area contributed by atoms with Crippen LogP contribution < -0.4 is 25.8 Å². The third kappa shape index (κ3) is 18.7. The number of likely N-dealkylation sites (N-methyl/N-ethyl adjacent to an activating group) is 2. The summed E-state index contributed by atoms with van der Waals surface area (Å²) in [6, 6.07) is 24.3. The van der Waals surface area contributed by atoms with Gasteiger partial charge in [-0.05, 0) is 155 Å². The number of benzene rings is 2. The molecule has 2 saturated heterocycles. The van der Waals surface area contributed by atoms with Crippen molar-refractivity contribution in [3.05, 3.63) is 156 Å². The minimum Gasteiger partial charge on any atom is -0.478 e. The highest BCUT2D eigenvalue weighted by Gasteiger charge is 2.21. The predicted octanol–water partition coefficient (Wildman–Crippen LogP) is 10.8. The molecule has 464 valence electrons. The highest BCUT2D eigenvalue weighted by atomic mass is 16.6. The lowest BCUT2D eigenvalue weighted by atomic mass is 9.98. The highest BCUT2D eigenvalue weighted by Crippen LogP contribution is 2.28. The SMILES string of the molecule is CC(C)(C)n1cc(C(=O)O)cn1.Cc1cc(-c2cc(Nc3ccc(N4CCN(C)CC4)cn3)ncn2)ccc1CCC(=O)c1cnn(C(C)(C)C)c1.Cc1cc(-c2cc(Nc3ccc(N4CCN(C)CC4)cn3)ncn2)ccc1CNC(=O)OC(C)(C)C. The average Bonchev–Trinajstić information content (AvgIpc) is 2.74. The third-order valence-electron chi connectivity index (χ3n) is 14.9. The number of carboxylic acid groups (broad SMARTS) is 1. The average molecular weight is 1200 g/mol. The zero-order chi connectivity index (χ0) is 63.3. The summed E-state index contributed by atoms with van der Waals surface area (Å²) in [5, 5.41) is 26.3. The molecule has 8 aromatic rings. The Labute approximate surface area is 516 Å². The van der Waals surface area contributed by atoms with Crippen LogP contribution >= 0.6 is 0 Å². The van der Waals surface area contributed by atoms with Gasteiger partial charge >= 0.3 is 12.1 Å². The number of rotatable bonds is 15. The lowest BCUT2D eigenvalue weighted by molar-refractivity contribution is 0.0522. The summed E-state index contributed by atoms with van der Waals surface area (Å²) in [4.78, 5) is 71.5. The third-order valence-corrected chi connectivity index (χ3v) is 14.9. The molecule has 2 aliphatic heterocycles. The van der Waals surface area contributed by atoms with Crippen LogP contribution in [0.3, 0.4) is 0 Å². The molecule has 22 nitrogen and oxygen atoms in total. The van der Waals surface area contributed by atoms with Gasteiger partial charge in [-0.1, -0.05) is 24.3 Å². The van der Waals surface area contributed by atoms with E-state index >= 15 is 0 Å². The molecule has 1 amide bonds. The lowest BCUT2D eigenvalue weighted by Gasteiger charge is -2.33. The zero-order valence-corrected chi connectivity index (χ0v) is 53.2. The monoisotopic (exact) mass is 1200 g/mol. The smallest absolute Gasteiger partial charge is 0.407 e. The molecule has 8 heterocycles. The Morgan fingerprint density at radius 1 is 0.534 bits per heavy atom. The van der Waals surface area contributed by atoms with Gasteiger partial charge < -0.3 is 45.4 Å². The summed E-state index contributed by atoms with van der Waals surface area (Å²) in [6.45, 7) is 30.4. The van der Waals surface area contributed by atoms with E-state index in [1.807, 2.05) is 108 Å². The zero-order valence-electron chi connectivity index (χ0n) is 53.2. The van der Waals surface area contributed by atoms with Crippen molar-refractivity contribution in [1.29, 1.82) is 0 Å². The first-order chi connectivity index (χ1) is 41.7. The van der Waals surface area contributed by atoms with Gasteiger partial charge in [0.25, 0.3) is 0 Å². The quantitative estimate of drug-likeness (QED) is 0.0697. The number of amides is 1. The molecule has 4 N–H and O–H groups in total. The van der Waals surface area contributed by atoms with E-state index < -0.39 is 17.7 Å². The van der Waals surface area contributed by atoms with Crippen molar-refractivity contribution in [3.63, 3.8) is 0 Å². The first kappa shape index (κ1) is 64.8. The Morgan fingerprint density at radius 3 is 1.39 bits per heavy atom. The van der Waals surface area contributed by atoms with E-state index in [0.717, 1.165) is 120 Å². The number of nitrogens with one attached hydrogen (secondary N) is 3. The van der Waals surface area contributed by atoms with Crippen LogP contribution in [0.2, 0.25) is 0 Å². The van der Waals surface area contributed by atoms with Crippen LogP contribution in [-0.4, -0.2) is 154 Å². The Hall–Kier alpha value is -9.15. The highest BCUT2D eigenvalue weighted by molar-refractivity contribution is 5.95. The molecule has 88 heavy (non-hydrogen) atoms. The number of carbonyl (C=O) groups excluding carboxylic acids is 2. The van der Waals surface area contributed by atoms with E-state index in [-0.39, 0.29) is 22.4 Å². The fourth-order valence-corrected chi connectivity index (χ4v) is 9.55. The number of ketones is 1. The molecule has 0 saturated carbocycles. The van der Waals surface area contributed by atoms with E-state index in [1.54, 1.807) is 23.5 Å². The summed E-state index contributed by atoms with van der Waals surface area (Å²) in [7, 11) is 4.31. The van der Waals surface area contributed by atoms with Gasteiger partial charge in [0.1, 0.15) is 41.5 Å². The number of aryl methyl sites for hydroxylation is 3. The molecular formula is C66H85N17O5. The van der Waals surface area contributed by atoms with Crippen LogP contribution in [0, 0.1) is 13.8 Å². The lowest BCUT2D eigenvalue weighted by Crippen LogP contribution is -2.44. The number of ether oxygens (including phenoxy) is 1. The number of piperazine rings is 2. The van der Waals surface area contributed by atoms with Crippen LogP contribution in [0.4, 0.5) is 39.4 Å². The molecule has 0 bridgehead atoms. The second-order valence-electron chi connectivity index (χ2n) is 25.3. The number of aromatic nitrogens is 10. The number of nitrogens with zero attached hydrogens (tertiary/aromatic N) is 14. The van der Waals surface area contributed by atoms with Gasteiger partial charge in [-0.2, -0.15) is 10.2 Å². The van der Waals surface area contributed by atoms with Crippen LogP contribution in [0.15, 0.2) is 123 Å². The maximum Gasteiger partial charge on any atom is 0.407 e. The minimum absolute atomic E-state index is 0.107. The molecule has 0 aliphatic carbocycles. The van der Waals surface area contributed by atoms with Gasteiger partial charge in [0.2, 0.25) is 0 Å². The topological polar surface area (TPSA) is 243 Å². The van der Waals surface area contributed by atoms with E-state index in [1.165, 1.54) is 12.4 Å². The maximum absolute atomic E-state index is 12.8. The second kappa shape index (κ2) is 28.6. The standard InChI is InChI=1S/C31H38N8O.C27H35N7O2.C8H12N2O2/c1-22-16-24(7-6-23(22)8-10-28(40)25-18-35-39(20-25)31(2,3)4)27-17-30(34-21-33-27)36-29-11-9-26(19-32-29)38-14-12-37(5)13-15-38;1-19-14-20(6-7-21(19)16-29-26(35)36-27(2,3)4)23-15-25(31-18-30-23)32-24-9-8-22(17-28-24)34-12-10-33(5)11-13-34;1-8(2,3)10-5-6(4-9-10)7(11)12/h6-7,9,11,16-21H,8,10,12-15H2,1-5H3,(H,32,33,34,36);6-9,14-15,17-18H,10-13,16H2,1-5H3,(H,29,35)(H,28,30,31,32);4-5H,1-3H3,(H,11,12). The van der Waals surface area contributed by atoms with Crippen molar-refractivity contribution < 1.29 is 24.2 Å². The predicted molar refractivity (Wildman–Crippen MR) is 346 cm³/mol. The molecule has 0 atom stereocenters. The molecule has 0 radical (unpaired) electrons. The Balaban J connectivity index is 0.000000193. The first-order valence-corrected chi connectivity index (χ1v) is 29.7. The molecule has 0 spiro atoms. The summed E-state index contributed by atoms with van der Waals surface area (Å²) in [5.41, 5.74) is 10.3. The van der Waals surface area contributed by atoms with Crippen LogP contribution in [-0.2, 0) is 28.8 Å². The van der Waals surface area contributed by atoms with Crippen molar-refractivity contribution in [2.75, 3.05) is 86.9 Å².